The lowest BCUT2D eigenvalue weighted by Crippen LogP contribution is -2.12. The number of hydrogen-bond donors (Lipinski definition) is 2. The van der Waals surface area contributed by atoms with Gasteiger partial charge < -0.3 is 14.7 Å². The van der Waals surface area contributed by atoms with Crippen LogP contribution in [0.25, 0.3) is 22.6 Å². The van der Waals surface area contributed by atoms with Crippen LogP contribution in [-0.2, 0) is 0 Å². The molecule has 0 unspecified atom stereocenters. The topological polar surface area (TPSA) is 94.7 Å². The van der Waals surface area contributed by atoms with Crippen molar-refractivity contribution in [1.29, 1.82) is 5.26 Å². The van der Waals surface area contributed by atoms with Crippen LogP contribution in [0.2, 0.25) is 0 Å². The molecule has 0 fully saturated rings. The van der Waals surface area contributed by atoms with Gasteiger partial charge in [-0.1, -0.05) is 0 Å². The van der Waals surface area contributed by atoms with E-state index in [9.17, 15) is 4.79 Å². The van der Waals surface area contributed by atoms with E-state index in [-0.39, 0.29) is 5.91 Å². The van der Waals surface area contributed by atoms with Gasteiger partial charge in [0.1, 0.15) is 6.07 Å². The number of H-pyrrole nitrogens is 1. The van der Waals surface area contributed by atoms with Crippen molar-refractivity contribution in [2.75, 3.05) is 5.32 Å². The van der Waals surface area contributed by atoms with Gasteiger partial charge in [0, 0.05) is 16.4 Å². The predicted molar refractivity (Wildman–Crippen MR) is 90.8 cm³/mol. The first-order valence-electron chi connectivity index (χ1n) is 7.06. The fourth-order valence-electron chi connectivity index (χ4n) is 2.38. The first-order chi connectivity index (χ1) is 11.7. The van der Waals surface area contributed by atoms with Gasteiger partial charge in [0.05, 0.1) is 28.4 Å². The zero-order valence-corrected chi connectivity index (χ0v) is 13.1. The van der Waals surface area contributed by atoms with Crippen LogP contribution in [0.15, 0.2) is 51.8 Å². The second kappa shape index (κ2) is 5.68. The van der Waals surface area contributed by atoms with Crippen molar-refractivity contribution in [2.24, 2.45) is 0 Å². The minimum atomic E-state index is -0.307. The van der Waals surface area contributed by atoms with Crippen molar-refractivity contribution in [1.82, 2.24) is 9.97 Å². The summed E-state index contributed by atoms with van der Waals surface area (Å²) in [5, 5.41) is 15.1. The van der Waals surface area contributed by atoms with E-state index in [1.54, 1.807) is 35.2 Å². The summed E-state index contributed by atoms with van der Waals surface area (Å²) in [7, 11) is 0. The van der Waals surface area contributed by atoms with Gasteiger partial charge in [0.2, 0.25) is 0 Å². The van der Waals surface area contributed by atoms with E-state index in [4.69, 9.17) is 9.68 Å². The zero-order valence-electron chi connectivity index (χ0n) is 12.2. The summed E-state index contributed by atoms with van der Waals surface area (Å²) >= 11 is 1.32. The third-order valence-corrected chi connectivity index (χ3v) is 4.26. The largest absolute Gasteiger partial charge is 0.461 e. The number of benzene rings is 1. The summed E-state index contributed by atoms with van der Waals surface area (Å²) in [4.78, 5) is 19.9. The third kappa shape index (κ3) is 2.45. The Kier molecular flexibility index (Phi) is 3.37. The number of amides is 1. The highest BCUT2D eigenvalue weighted by Crippen LogP contribution is 2.24. The Morgan fingerprint density at radius 3 is 3.04 bits per heavy atom. The molecule has 0 aliphatic heterocycles. The number of anilines is 1. The number of nitrogens with zero attached hydrogens (tertiary/aromatic N) is 2. The van der Waals surface area contributed by atoms with E-state index in [2.05, 4.69) is 15.3 Å². The van der Waals surface area contributed by atoms with Crippen LogP contribution in [0.5, 0.6) is 0 Å². The summed E-state index contributed by atoms with van der Waals surface area (Å²) in [6.07, 6.45) is 1.59. The minimum Gasteiger partial charge on any atom is -0.461 e. The normalized spacial score (nSPS) is 10.6. The van der Waals surface area contributed by atoms with E-state index < -0.39 is 0 Å². The van der Waals surface area contributed by atoms with Crippen LogP contribution in [0.3, 0.4) is 0 Å². The van der Waals surface area contributed by atoms with Crippen molar-refractivity contribution < 1.29 is 9.21 Å². The molecular formula is C17H10N4O2S. The standard InChI is InChI=1S/C17H10N4O2S/c18-7-10-8-24-9-12(10)17(22)19-11-3-4-13-14(6-11)21-16(20-13)15-2-1-5-23-15/h1-6,8-9H,(H,19,22)(H,20,21). The summed E-state index contributed by atoms with van der Waals surface area (Å²) in [6, 6.07) is 11.0. The molecule has 0 aliphatic rings. The Hall–Kier alpha value is -3.37. The lowest BCUT2D eigenvalue weighted by Gasteiger charge is -2.04. The van der Waals surface area contributed by atoms with E-state index in [0.717, 1.165) is 11.0 Å². The smallest absolute Gasteiger partial charge is 0.257 e. The molecule has 0 saturated carbocycles. The lowest BCUT2D eigenvalue weighted by atomic mass is 10.2. The van der Waals surface area contributed by atoms with Gasteiger partial charge in [-0.2, -0.15) is 16.6 Å². The number of thiophene rings is 1. The lowest BCUT2D eigenvalue weighted by molar-refractivity contribution is 0.102. The van der Waals surface area contributed by atoms with Crippen molar-refractivity contribution >= 4 is 34.0 Å². The number of carbonyl (C=O) groups excluding carboxylic acids is 1. The molecule has 116 valence electrons. The van der Waals surface area contributed by atoms with Crippen LogP contribution in [-0.4, -0.2) is 15.9 Å². The highest BCUT2D eigenvalue weighted by Gasteiger charge is 2.13. The number of carbonyl (C=O) groups is 1. The number of aromatic nitrogens is 2. The molecule has 0 atom stereocenters. The third-order valence-electron chi connectivity index (χ3n) is 3.52. The van der Waals surface area contributed by atoms with Gasteiger partial charge in [-0.25, -0.2) is 4.98 Å². The number of rotatable bonds is 3. The predicted octanol–water partition coefficient (Wildman–Crippen LogP) is 4.01. The van der Waals surface area contributed by atoms with Crippen LogP contribution >= 0.6 is 11.3 Å². The van der Waals surface area contributed by atoms with Gasteiger partial charge in [-0.3, -0.25) is 4.79 Å². The van der Waals surface area contributed by atoms with Gasteiger partial charge in [0.25, 0.3) is 5.91 Å². The van der Waals surface area contributed by atoms with Crippen LogP contribution in [0.4, 0.5) is 5.69 Å². The molecule has 7 heteroatoms. The van der Waals surface area contributed by atoms with Crippen molar-refractivity contribution in [3.63, 3.8) is 0 Å². The second-order valence-electron chi connectivity index (χ2n) is 5.06. The molecule has 4 rings (SSSR count). The maximum atomic E-state index is 12.3. The molecule has 0 aliphatic carbocycles. The Balaban J connectivity index is 1.63. The molecule has 0 spiro atoms. The van der Waals surface area contributed by atoms with E-state index in [1.807, 2.05) is 18.2 Å². The Bertz CT molecular complexity index is 1070. The highest BCUT2D eigenvalue weighted by molar-refractivity contribution is 7.08. The van der Waals surface area contributed by atoms with Crippen molar-refractivity contribution in [3.8, 4) is 17.7 Å². The number of nitrogens with one attached hydrogen (secondary N) is 2. The molecule has 0 bridgehead atoms. The van der Waals surface area contributed by atoms with Crippen molar-refractivity contribution in [2.45, 2.75) is 0 Å². The number of hydrogen-bond acceptors (Lipinski definition) is 5. The first kappa shape index (κ1) is 14.2. The maximum absolute atomic E-state index is 12.3. The van der Waals surface area contributed by atoms with E-state index >= 15 is 0 Å². The zero-order chi connectivity index (χ0) is 16.5. The fraction of sp³-hybridized carbons (Fsp3) is 0. The number of furan rings is 1. The van der Waals surface area contributed by atoms with Crippen molar-refractivity contribution in [3.05, 3.63) is 58.5 Å². The first-order valence-corrected chi connectivity index (χ1v) is 8.00. The van der Waals surface area contributed by atoms with Crippen LogP contribution in [0, 0.1) is 11.3 Å². The second-order valence-corrected chi connectivity index (χ2v) is 5.80. The molecule has 3 heterocycles. The minimum absolute atomic E-state index is 0.307. The Morgan fingerprint density at radius 2 is 2.25 bits per heavy atom. The molecule has 0 radical (unpaired) electrons. The molecule has 0 saturated heterocycles. The quantitative estimate of drug-likeness (QED) is 0.592. The highest BCUT2D eigenvalue weighted by atomic mass is 32.1. The summed E-state index contributed by atoms with van der Waals surface area (Å²) in [5.74, 6) is 0.967. The number of aromatic amines is 1. The molecule has 6 nitrogen and oxygen atoms in total. The number of nitriles is 1. The average molecular weight is 334 g/mol. The Morgan fingerprint density at radius 1 is 1.33 bits per heavy atom. The summed E-state index contributed by atoms with van der Waals surface area (Å²) < 4.78 is 5.33. The van der Waals surface area contributed by atoms with E-state index in [0.29, 0.717) is 28.4 Å². The molecule has 3 aromatic heterocycles. The monoisotopic (exact) mass is 334 g/mol. The molecular weight excluding hydrogens is 324 g/mol. The SMILES string of the molecule is N#Cc1cscc1C(=O)Nc1ccc2nc(-c3ccco3)[nH]c2c1. The Labute approximate surface area is 140 Å². The fourth-order valence-corrected chi connectivity index (χ4v) is 3.13. The van der Waals surface area contributed by atoms with Crippen LogP contribution in [0.1, 0.15) is 15.9 Å². The number of fused-ring (bicyclic) bond motifs is 1. The summed E-state index contributed by atoms with van der Waals surface area (Å²) in [5.41, 5.74) is 2.93. The molecule has 1 amide bonds. The van der Waals surface area contributed by atoms with E-state index in [1.165, 1.54) is 11.3 Å². The van der Waals surface area contributed by atoms with Gasteiger partial charge in [0.15, 0.2) is 11.6 Å². The molecule has 24 heavy (non-hydrogen) atoms. The average Bonchev–Trinajstić information content (AvgIpc) is 3.32. The maximum Gasteiger partial charge on any atom is 0.257 e. The number of imidazole rings is 1. The summed E-state index contributed by atoms with van der Waals surface area (Å²) in [6.45, 7) is 0. The van der Waals surface area contributed by atoms with Crippen LogP contribution < -0.4 is 5.32 Å². The van der Waals surface area contributed by atoms with Gasteiger partial charge >= 0.3 is 0 Å². The molecule has 2 N–H and O–H groups in total. The molecule has 1 aromatic carbocycles. The van der Waals surface area contributed by atoms with Gasteiger partial charge in [-0.05, 0) is 30.3 Å². The molecule has 4 aromatic rings. The van der Waals surface area contributed by atoms with Gasteiger partial charge in [-0.15, -0.1) is 0 Å².